The Hall–Kier alpha value is -2.59. The Morgan fingerprint density at radius 2 is 1.91 bits per heavy atom. The zero-order valence-corrected chi connectivity index (χ0v) is 13.4. The minimum absolute atomic E-state index is 0.235. The smallest absolute Gasteiger partial charge is 0.363 e. The van der Waals surface area contributed by atoms with E-state index in [2.05, 4.69) is 4.99 Å². The summed E-state index contributed by atoms with van der Waals surface area (Å²) >= 11 is 5.86. The lowest BCUT2D eigenvalue weighted by molar-refractivity contribution is -0.129. The molecule has 0 saturated heterocycles. The standard InChI is InChI=1S/C18H14ClNO3/c1-11-3-8-16(22-2)13(9-11)10-15-18(21)23-17(20-15)12-4-6-14(19)7-5-12/h3-10H,1-2H3/b15-10+. The summed E-state index contributed by atoms with van der Waals surface area (Å²) in [4.78, 5) is 16.3. The van der Waals surface area contributed by atoms with Crippen LogP contribution in [-0.4, -0.2) is 19.0 Å². The first-order chi connectivity index (χ1) is 11.1. The minimum Gasteiger partial charge on any atom is -0.496 e. The number of benzene rings is 2. The normalized spacial score (nSPS) is 15.5. The van der Waals surface area contributed by atoms with Gasteiger partial charge in [-0.1, -0.05) is 23.2 Å². The van der Waals surface area contributed by atoms with Gasteiger partial charge >= 0.3 is 5.97 Å². The maximum absolute atomic E-state index is 12.0. The van der Waals surface area contributed by atoms with E-state index in [1.807, 2.05) is 25.1 Å². The third-order valence-corrected chi connectivity index (χ3v) is 3.64. The van der Waals surface area contributed by atoms with E-state index in [1.165, 1.54) is 0 Å². The van der Waals surface area contributed by atoms with Crippen LogP contribution in [0, 0.1) is 6.92 Å². The maximum atomic E-state index is 12.0. The van der Waals surface area contributed by atoms with Crippen molar-refractivity contribution in [2.24, 2.45) is 4.99 Å². The summed E-state index contributed by atoms with van der Waals surface area (Å²) in [6.07, 6.45) is 1.66. The highest BCUT2D eigenvalue weighted by molar-refractivity contribution is 6.30. The topological polar surface area (TPSA) is 47.9 Å². The average molecular weight is 328 g/mol. The number of carbonyl (C=O) groups is 1. The number of rotatable bonds is 3. The van der Waals surface area contributed by atoms with Gasteiger partial charge in [-0.2, -0.15) is 0 Å². The van der Waals surface area contributed by atoms with Crippen LogP contribution in [0.15, 0.2) is 53.2 Å². The average Bonchev–Trinajstić information content (AvgIpc) is 2.89. The number of carbonyl (C=O) groups excluding carboxylic acids is 1. The highest BCUT2D eigenvalue weighted by atomic mass is 35.5. The zero-order chi connectivity index (χ0) is 16.4. The Labute approximate surface area is 139 Å². The van der Waals surface area contributed by atoms with Gasteiger partial charge in [0.2, 0.25) is 5.90 Å². The fourth-order valence-corrected chi connectivity index (χ4v) is 2.36. The fraction of sp³-hybridized carbons (Fsp3) is 0.111. The SMILES string of the molecule is COc1ccc(C)cc1/C=C1/N=C(c2ccc(Cl)cc2)OC1=O. The lowest BCUT2D eigenvalue weighted by Crippen LogP contribution is -2.05. The Balaban J connectivity index is 1.98. The quantitative estimate of drug-likeness (QED) is 0.632. The van der Waals surface area contributed by atoms with Gasteiger partial charge in [0.1, 0.15) is 5.75 Å². The van der Waals surface area contributed by atoms with Gasteiger partial charge in [0.25, 0.3) is 0 Å². The first-order valence-corrected chi connectivity index (χ1v) is 7.38. The molecule has 1 heterocycles. The van der Waals surface area contributed by atoms with E-state index in [4.69, 9.17) is 21.1 Å². The van der Waals surface area contributed by atoms with Crippen LogP contribution >= 0.6 is 11.6 Å². The number of ether oxygens (including phenoxy) is 2. The molecule has 4 nitrogen and oxygen atoms in total. The summed E-state index contributed by atoms with van der Waals surface area (Å²) in [5, 5.41) is 0.610. The van der Waals surface area contributed by atoms with E-state index in [-0.39, 0.29) is 11.6 Å². The molecule has 3 rings (SSSR count). The molecule has 0 atom stereocenters. The summed E-state index contributed by atoms with van der Waals surface area (Å²) in [6.45, 7) is 1.97. The molecule has 0 amide bonds. The van der Waals surface area contributed by atoms with Crippen molar-refractivity contribution in [3.63, 3.8) is 0 Å². The van der Waals surface area contributed by atoms with Crippen molar-refractivity contribution in [2.45, 2.75) is 6.92 Å². The monoisotopic (exact) mass is 327 g/mol. The molecular weight excluding hydrogens is 314 g/mol. The molecule has 0 unspecified atom stereocenters. The molecule has 0 bridgehead atoms. The molecule has 1 aliphatic rings. The van der Waals surface area contributed by atoms with Crippen LogP contribution in [0.2, 0.25) is 5.02 Å². The Morgan fingerprint density at radius 3 is 2.61 bits per heavy atom. The predicted octanol–water partition coefficient (Wildman–Crippen LogP) is 4.00. The van der Waals surface area contributed by atoms with Crippen molar-refractivity contribution >= 4 is 29.5 Å². The Bertz CT molecular complexity index is 823. The van der Waals surface area contributed by atoms with E-state index in [1.54, 1.807) is 37.5 Å². The first-order valence-electron chi connectivity index (χ1n) is 7.00. The molecule has 0 saturated carbocycles. The number of hydrogen-bond acceptors (Lipinski definition) is 4. The maximum Gasteiger partial charge on any atom is 0.363 e. The van der Waals surface area contributed by atoms with Crippen LogP contribution in [0.25, 0.3) is 6.08 Å². The summed E-state index contributed by atoms with van der Waals surface area (Å²) in [5.74, 6) is 0.453. The van der Waals surface area contributed by atoms with Crippen LogP contribution in [0.1, 0.15) is 16.7 Å². The number of aryl methyl sites for hydroxylation is 1. The summed E-state index contributed by atoms with van der Waals surface area (Å²) in [6, 6.07) is 12.7. The largest absolute Gasteiger partial charge is 0.496 e. The van der Waals surface area contributed by atoms with Gasteiger partial charge in [0.05, 0.1) is 7.11 Å². The van der Waals surface area contributed by atoms with Crippen LogP contribution in [-0.2, 0) is 9.53 Å². The molecule has 1 aliphatic heterocycles. The Morgan fingerprint density at radius 1 is 1.17 bits per heavy atom. The third-order valence-electron chi connectivity index (χ3n) is 3.39. The van der Waals surface area contributed by atoms with E-state index in [9.17, 15) is 4.79 Å². The first kappa shape index (κ1) is 15.3. The van der Waals surface area contributed by atoms with Gasteiger partial charge in [-0.05, 0) is 49.4 Å². The molecule has 5 heteroatoms. The second-order valence-electron chi connectivity index (χ2n) is 5.09. The molecule has 0 fully saturated rings. The fourth-order valence-electron chi connectivity index (χ4n) is 2.24. The summed E-state index contributed by atoms with van der Waals surface area (Å²) in [5.41, 5.74) is 2.77. The molecule has 0 radical (unpaired) electrons. The van der Waals surface area contributed by atoms with Crippen molar-refractivity contribution in [1.29, 1.82) is 0 Å². The van der Waals surface area contributed by atoms with E-state index < -0.39 is 5.97 Å². The van der Waals surface area contributed by atoms with Crippen molar-refractivity contribution in [1.82, 2.24) is 0 Å². The number of nitrogens with zero attached hydrogens (tertiary/aromatic N) is 1. The van der Waals surface area contributed by atoms with E-state index in [0.29, 0.717) is 16.3 Å². The van der Waals surface area contributed by atoms with Gasteiger partial charge in [0, 0.05) is 16.1 Å². The summed E-state index contributed by atoms with van der Waals surface area (Å²) < 4.78 is 10.5. The Kier molecular flexibility index (Phi) is 4.17. The lowest BCUT2D eigenvalue weighted by Gasteiger charge is -2.05. The van der Waals surface area contributed by atoms with Crippen LogP contribution in [0.3, 0.4) is 0 Å². The van der Waals surface area contributed by atoms with Gasteiger partial charge in [0.15, 0.2) is 5.70 Å². The van der Waals surface area contributed by atoms with Crippen LogP contribution in [0.5, 0.6) is 5.75 Å². The van der Waals surface area contributed by atoms with Crippen LogP contribution in [0.4, 0.5) is 0 Å². The predicted molar refractivity (Wildman–Crippen MR) is 89.8 cm³/mol. The van der Waals surface area contributed by atoms with Crippen molar-refractivity contribution in [2.75, 3.05) is 7.11 Å². The molecule has 23 heavy (non-hydrogen) atoms. The van der Waals surface area contributed by atoms with Gasteiger partial charge in [-0.25, -0.2) is 9.79 Å². The number of methoxy groups -OCH3 is 1. The second kappa shape index (κ2) is 6.26. The molecule has 116 valence electrons. The molecule has 0 aliphatic carbocycles. The highest BCUT2D eigenvalue weighted by Gasteiger charge is 2.24. The molecule has 0 spiro atoms. The van der Waals surface area contributed by atoms with Crippen molar-refractivity contribution in [3.05, 3.63) is 69.9 Å². The lowest BCUT2D eigenvalue weighted by atomic mass is 10.1. The minimum atomic E-state index is -0.487. The number of halogens is 1. The van der Waals surface area contributed by atoms with E-state index in [0.717, 1.165) is 11.1 Å². The number of hydrogen-bond donors (Lipinski definition) is 0. The number of aliphatic imine (C=N–C) groups is 1. The number of esters is 1. The molecule has 2 aromatic carbocycles. The van der Waals surface area contributed by atoms with Gasteiger partial charge < -0.3 is 9.47 Å². The number of cyclic esters (lactones) is 1. The van der Waals surface area contributed by atoms with E-state index >= 15 is 0 Å². The van der Waals surface area contributed by atoms with Crippen molar-refractivity contribution in [3.8, 4) is 5.75 Å². The second-order valence-corrected chi connectivity index (χ2v) is 5.52. The van der Waals surface area contributed by atoms with Gasteiger partial charge in [-0.15, -0.1) is 0 Å². The van der Waals surface area contributed by atoms with Gasteiger partial charge in [-0.3, -0.25) is 0 Å². The summed E-state index contributed by atoms with van der Waals surface area (Å²) in [7, 11) is 1.59. The molecular formula is C18H14ClNO3. The third kappa shape index (κ3) is 3.27. The molecule has 0 aromatic heterocycles. The molecule has 0 N–H and O–H groups in total. The highest BCUT2D eigenvalue weighted by Crippen LogP contribution is 2.25. The zero-order valence-electron chi connectivity index (χ0n) is 12.7. The van der Waals surface area contributed by atoms with Crippen molar-refractivity contribution < 1.29 is 14.3 Å². The molecule has 2 aromatic rings. The van der Waals surface area contributed by atoms with Crippen LogP contribution < -0.4 is 4.74 Å².